The van der Waals surface area contributed by atoms with Gasteiger partial charge in [-0.3, -0.25) is 26.1 Å². The van der Waals surface area contributed by atoms with Crippen molar-refractivity contribution in [3.8, 4) is 11.5 Å². The number of nitrogens with one attached hydrogen (secondary N) is 1. The zero-order valence-corrected chi connectivity index (χ0v) is 13.9. The van der Waals surface area contributed by atoms with Crippen LogP contribution in [-0.2, 0) is 0 Å². The van der Waals surface area contributed by atoms with Gasteiger partial charge in [0, 0.05) is 0 Å². The van der Waals surface area contributed by atoms with Crippen LogP contribution in [0, 0.1) is 20.2 Å². The molecule has 0 aromatic heterocycles. The summed E-state index contributed by atoms with van der Waals surface area (Å²) in [5.74, 6) is 4.79. The van der Waals surface area contributed by atoms with Crippen LogP contribution in [-0.4, -0.2) is 23.3 Å². The molecule has 0 bridgehead atoms. The quantitative estimate of drug-likeness (QED) is 0.271. The highest BCUT2D eigenvalue weighted by molar-refractivity contribution is 5.63. The number of nitro benzene ring substituents is 2. The van der Waals surface area contributed by atoms with Gasteiger partial charge in [-0.25, -0.2) is 4.39 Å². The molecule has 0 aliphatic rings. The molecule has 0 aliphatic carbocycles. The van der Waals surface area contributed by atoms with Crippen LogP contribution in [0.25, 0.3) is 0 Å². The number of nitro groups is 2. The minimum absolute atomic E-state index is 0.0154. The highest BCUT2D eigenvalue weighted by Crippen LogP contribution is 2.29. The first-order valence-electron chi connectivity index (χ1n) is 7.12. The molecule has 152 valence electrons. The van der Waals surface area contributed by atoms with Crippen molar-refractivity contribution in [1.82, 2.24) is 0 Å². The number of nitrogen functional groups attached to an aromatic ring is 2. The predicted molar refractivity (Wildman–Crippen MR) is 91.7 cm³/mol. The predicted octanol–water partition coefficient (Wildman–Crippen LogP) is 2.96. The Labute approximate surface area is 154 Å². The van der Waals surface area contributed by atoms with E-state index >= 15 is 0 Å². The van der Waals surface area contributed by atoms with Gasteiger partial charge in [-0.2, -0.15) is 8.78 Å². The Morgan fingerprint density at radius 3 is 2.11 bits per heavy atom. The van der Waals surface area contributed by atoms with Crippen LogP contribution in [0.15, 0.2) is 36.4 Å². The highest BCUT2D eigenvalue weighted by Gasteiger charge is 2.16. The molecule has 0 amide bonds. The number of alkyl halides is 3. The normalized spacial score (nSPS) is 9.89. The number of benzene rings is 2. The van der Waals surface area contributed by atoms with Gasteiger partial charge in [0.05, 0.1) is 22.0 Å². The lowest BCUT2D eigenvalue weighted by Crippen LogP contribution is -2.09. The standard InChI is InChI=1S/C7H7F2N3O3.C7H7FN2O3/c8-7(9)15-4-1-2-5(11-10)6(3-4)12(13)14;8-4-13-5-1-2-6(9)7(3-5)10(11)12/h1-3,7,11H,10H2;1-3H,4,9H2. The third-order valence-electron chi connectivity index (χ3n) is 2.97. The molecule has 2 aromatic carbocycles. The van der Waals surface area contributed by atoms with Gasteiger partial charge < -0.3 is 20.6 Å². The molecule has 0 saturated carbocycles. The molecule has 2 rings (SSSR count). The lowest BCUT2D eigenvalue weighted by molar-refractivity contribution is -0.384. The van der Waals surface area contributed by atoms with E-state index < -0.39 is 29.0 Å². The first-order valence-corrected chi connectivity index (χ1v) is 7.12. The van der Waals surface area contributed by atoms with Crippen molar-refractivity contribution >= 4 is 22.7 Å². The maximum Gasteiger partial charge on any atom is 0.387 e. The van der Waals surface area contributed by atoms with Gasteiger partial charge >= 0.3 is 6.61 Å². The number of halogens is 3. The van der Waals surface area contributed by atoms with E-state index in [4.69, 9.17) is 11.6 Å². The topological polar surface area (TPSA) is 169 Å². The molecule has 0 heterocycles. The molecule has 0 atom stereocenters. The maximum absolute atomic E-state index is 11.8. The van der Waals surface area contributed by atoms with Crippen LogP contribution in [0.5, 0.6) is 11.5 Å². The number of hydrogen-bond acceptors (Lipinski definition) is 9. The van der Waals surface area contributed by atoms with Crippen molar-refractivity contribution in [2.45, 2.75) is 6.61 Å². The van der Waals surface area contributed by atoms with E-state index in [1.54, 1.807) is 0 Å². The Balaban J connectivity index is 0.000000283. The second kappa shape index (κ2) is 10.4. The fourth-order valence-electron chi connectivity index (χ4n) is 1.80. The molecule has 0 aliphatic heterocycles. The van der Waals surface area contributed by atoms with Gasteiger partial charge in [0.15, 0.2) is 0 Å². The summed E-state index contributed by atoms with van der Waals surface area (Å²) in [4.78, 5) is 19.4. The molecule has 0 spiro atoms. The van der Waals surface area contributed by atoms with Gasteiger partial charge in [-0.1, -0.05) is 0 Å². The number of anilines is 2. The van der Waals surface area contributed by atoms with E-state index in [1.807, 2.05) is 0 Å². The van der Waals surface area contributed by atoms with Crippen molar-refractivity contribution in [2.24, 2.45) is 5.84 Å². The van der Waals surface area contributed by atoms with Crippen molar-refractivity contribution in [3.05, 3.63) is 56.6 Å². The lowest BCUT2D eigenvalue weighted by atomic mass is 10.2. The molecule has 0 fully saturated rings. The van der Waals surface area contributed by atoms with Crippen molar-refractivity contribution in [3.63, 3.8) is 0 Å². The summed E-state index contributed by atoms with van der Waals surface area (Å²) < 4.78 is 43.7. The van der Waals surface area contributed by atoms with E-state index in [9.17, 15) is 33.4 Å². The van der Waals surface area contributed by atoms with Crippen molar-refractivity contribution < 1.29 is 32.5 Å². The molecule has 5 N–H and O–H groups in total. The van der Waals surface area contributed by atoms with E-state index in [2.05, 4.69) is 14.9 Å². The summed E-state index contributed by atoms with van der Waals surface area (Å²) in [6, 6.07) is 6.92. The minimum Gasteiger partial charge on any atom is -0.463 e. The smallest absolute Gasteiger partial charge is 0.387 e. The van der Waals surface area contributed by atoms with Gasteiger partial charge in [0.1, 0.15) is 22.9 Å². The van der Waals surface area contributed by atoms with Crippen LogP contribution < -0.4 is 26.5 Å². The molecule has 2 aromatic rings. The Morgan fingerprint density at radius 1 is 1.04 bits per heavy atom. The minimum atomic E-state index is -3.03. The number of hydrazine groups is 1. The van der Waals surface area contributed by atoms with E-state index in [0.717, 1.165) is 18.2 Å². The second-order valence-corrected chi connectivity index (χ2v) is 4.69. The van der Waals surface area contributed by atoms with Gasteiger partial charge in [-0.05, 0) is 24.3 Å². The van der Waals surface area contributed by atoms with E-state index in [1.165, 1.54) is 18.2 Å². The summed E-state index contributed by atoms with van der Waals surface area (Å²) >= 11 is 0. The third kappa shape index (κ3) is 6.49. The molecule has 0 unspecified atom stereocenters. The Kier molecular flexibility index (Phi) is 8.23. The molecule has 0 saturated heterocycles. The van der Waals surface area contributed by atoms with E-state index in [0.29, 0.717) is 0 Å². The number of rotatable bonds is 7. The Bertz CT molecular complexity index is 839. The lowest BCUT2D eigenvalue weighted by Gasteiger charge is -2.06. The third-order valence-corrected chi connectivity index (χ3v) is 2.97. The zero-order valence-electron chi connectivity index (χ0n) is 13.9. The average Bonchev–Trinajstić information content (AvgIpc) is 2.63. The van der Waals surface area contributed by atoms with Gasteiger partial charge in [0.2, 0.25) is 6.86 Å². The second-order valence-electron chi connectivity index (χ2n) is 4.69. The fraction of sp³-hybridized carbons (Fsp3) is 0.143. The molecular weight excluding hydrogens is 391 g/mol. The van der Waals surface area contributed by atoms with Crippen LogP contribution in [0.2, 0.25) is 0 Å². The molecule has 28 heavy (non-hydrogen) atoms. The summed E-state index contributed by atoms with van der Waals surface area (Å²) in [6.45, 7) is -4.05. The molecule has 11 nitrogen and oxygen atoms in total. The number of nitrogens with two attached hydrogens (primary N) is 2. The summed E-state index contributed by atoms with van der Waals surface area (Å²) in [5.41, 5.74) is 6.69. The highest BCUT2D eigenvalue weighted by atomic mass is 19.3. The largest absolute Gasteiger partial charge is 0.463 e. The van der Waals surface area contributed by atoms with Crippen LogP contribution in [0.4, 0.5) is 35.9 Å². The first kappa shape index (κ1) is 22.2. The van der Waals surface area contributed by atoms with E-state index in [-0.39, 0.29) is 28.6 Å². The maximum atomic E-state index is 11.8. The van der Waals surface area contributed by atoms with Gasteiger partial charge in [-0.15, -0.1) is 0 Å². The molecular formula is C14H14F3N5O6. The fourth-order valence-corrected chi connectivity index (χ4v) is 1.80. The first-order chi connectivity index (χ1) is 13.2. The van der Waals surface area contributed by atoms with Crippen LogP contribution >= 0.6 is 0 Å². The summed E-state index contributed by atoms with van der Waals surface area (Å²) in [7, 11) is 0. The van der Waals surface area contributed by atoms with Crippen molar-refractivity contribution in [2.75, 3.05) is 18.0 Å². The molecule has 0 radical (unpaired) electrons. The Morgan fingerprint density at radius 2 is 1.61 bits per heavy atom. The Hall–Kier alpha value is -3.81. The number of nitrogens with zero attached hydrogens (tertiary/aromatic N) is 2. The molecule has 14 heteroatoms. The zero-order chi connectivity index (χ0) is 21.3. The summed E-state index contributed by atoms with van der Waals surface area (Å²) in [5, 5.41) is 20.8. The van der Waals surface area contributed by atoms with Crippen LogP contribution in [0.1, 0.15) is 0 Å². The SMILES string of the molecule is NNc1ccc(OC(F)F)cc1[N+](=O)[O-].Nc1ccc(OCF)cc1[N+](=O)[O-]. The van der Waals surface area contributed by atoms with Gasteiger partial charge in [0.25, 0.3) is 11.4 Å². The monoisotopic (exact) mass is 405 g/mol. The van der Waals surface area contributed by atoms with Crippen LogP contribution in [0.3, 0.4) is 0 Å². The summed E-state index contributed by atoms with van der Waals surface area (Å²) in [6.07, 6.45) is 0. The number of ether oxygens (including phenoxy) is 2. The average molecular weight is 405 g/mol. The van der Waals surface area contributed by atoms with Crippen molar-refractivity contribution in [1.29, 1.82) is 0 Å². The number of hydrogen-bond donors (Lipinski definition) is 3.